The molecule has 48 heavy (non-hydrogen) atoms. The topological polar surface area (TPSA) is 28.1 Å². The number of hydrogen-bond donors (Lipinski definition) is 0. The van der Waals surface area contributed by atoms with Crippen LogP contribution < -0.4 is 0 Å². The van der Waals surface area contributed by atoms with Crippen molar-refractivity contribution in [2.45, 2.75) is 76.0 Å². The van der Waals surface area contributed by atoms with Crippen LogP contribution in [0.3, 0.4) is 0 Å². The highest BCUT2D eigenvalue weighted by molar-refractivity contribution is 6.10. The Morgan fingerprint density at radius 2 is 1.06 bits per heavy atom. The quantitative estimate of drug-likeness (QED) is 0.156. The summed E-state index contributed by atoms with van der Waals surface area (Å²) in [6.45, 7) is 17.4. The van der Waals surface area contributed by atoms with E-state index in [4.69, 9.17) is 6.57 Å². The van der Waals surface area contributed by atoms with E-state index in [9.17, 15) is 5.26 Å². The van der Waals surface area contributed by atoms with Gasteiger partial charge in [0.05, 0.1) is 18.2 Å². The van der Waals surface area contributed by atoms with Gasteiger partial charge in [0.25, 0.3) is 0 Å². The zero-order chi connectivity index (χ0) is 32.7. The second-order valence-corrected chi connectivity index (χ2v) is 15.8. The third kappa shape index (κ3) is 3.17. The molecule has 6 aromatic rings. The van der Waals surface area contributed by atoms with Crippen LogP contribution in [0.15, 0.2) is 84.9 Å². The molecule has 10 rings (SSSR count). The molecule has 6 aromatic carbocycles. The Morgan fingerprint density at radius 1 is 0.562 bits per heavy atom. The lowest BCUT2D eigenvalue weighted by Crippen LogP contribution is -2.29. The molecule has 0 aliphatic heterocycles. The zero-order valence-corrected chi connectivity index (χ0v) is 28.0. The fraction of sp³-hybridized carbons (Fsp3) is 0.261. The van der Waals surface area contributed by atoms with Gasteiger partial charge in [0.2, 0.25) is 0 Å². The van der Waals surface area contributed by atoms with Crippen LogP contribution in [0.1, 0.15) is 98.7 Å². The molecule has 0 N–H and O–H groups in total. The maximum Gasteiger partial charge on any atom is 0.195 e. The first-order chi connectivity index (χ1) is 23.2. The van der Waals surface area contributed by atoms with Gasteiger partial charge in [-0.3, -0.25) is 0 Å². The second kappa shape index (κ2) is 9.04. The van der Waals surface area contributed by atoms with E-state index < -0.39 is 0 Å². The molecule has 2 nitrogen and oxygen atoms in total. The lowest BCUT2D eigenvalue weighted by molar-refractivity contribution is 0.352. The van der Waals surface area contributed by atoms with Crippen molar-refractivity contribution in [1.29, 1.82) is 5.26 Å². The molecule has 4 aliphatic rings. The van der Waals surface area contributed by atoms with Crippen LogP contribution in [-0.4, -0.2) is 0 Å². The first-order valence-electron chi connectivity index (χ1n) is 17.5. The van der Waals surface area contributed by atoms with Crippen molar-refractivity contribution >= 4 is 27.2 Å². The Kier molecular flexibility index (Phi) is 5.25. The molecular weight excluding hydrogens is 581 g/mol. The van der Waals surface area contributed by atoms with Gasteiger partial charge in [0.15, 0.2) is 5.69 Å². The van der Waals surface area contributed by atoms with Crippen molar-refractivity contribution in [3.63, 3.8) is 0 Å². The Morgan fingerprint density at radius 3 is 1.60 bits per heavy atom. The molecule has 1 spiro atoms. The Hall–Kier alpha value is -5.18. The summed E-state index contributed by atoms with van der Waals surface area (Å²) in [7, 11) is 0. The minimum Gasteiger partial charge on any atom is -0.238 e. The van der Waals surface area contributed by atoms with Crippen molar-refractivity contribution in [3.8, 4) is 39.4 Å². The summed E-state index contributed by atoms with van der Waals surface area (Å²) in [5.41, 5.74) is 17.5. The highest BCUT2D eigenvalue weighted by Crippen LogP contribution is 2.63. The summed E-state index contributed by atoms with van der Waals surface area (Å²) in [6, 6.07) is 34.1. The monoisotopic (exact) mass is 616 g/mol. The van der Waals surface area contributed by atoms with Gasteiger partial charge < -0.3 is 0 Å². The highest BCUT2D eigenvalue weighted by Gasteiger charge is 2.49. The number of nitriles is 1. The fourth-order valence-electron chi connectivity index (χ4n) is 10.5. The predicted molar refractivity (Wildman–Crippen MR) is 197 cm³/mol. The summed E-state index contributed by atoms with van der Waals surface area (Å²) in [5, 5.41) is 14.6. The smallest absolute Gasteiger partial charge is 0.195 e. The summed E-state index contributed by atoms with van der Waals surface area (Å²) < 4.78 is 0. The molecule has 4 aliphatic carbocycles. The van der Waals surface area contributed by atoms with Gasteiger partial charge in [-0.25, -0.2) is 4.85 Å². The largest absolute Gasteiger partial charge is 0.238 e. The second-order valence-electron chi connectivity index (χ2n) is 15.8. The van der Waals surface area contributed by atoms with E-state index in [1.54, 1.807) is 0 Å². The number of fused-ring (bicyclic) bond motifs is 15. The molecule has 230 valence electrons. The number of hydrogen-bond acceptors (Lipinski definition) is 1. The molecular formula is C46H36N2. The lowest BCUT2D eigenvalue weighted by Gasteiger charge is -2.37. The van der Waals surface area contributed by atoms with Gasteiger partial charge >= 0.3 is 0 Å². The van der Waals surface area contributed by atoms with Gasteiger partial charge in [-0.1, -0.05) is 114 Å². The molecule has 0 bridgehead atoms. The maximum atomic E-state index is 10.2. The number of nitrogens with zero attached hydrogens (tertiary/aromatic N) is 2. The van der Waals surface area contributed by atoms with Gasteiger partial charge in [-0.05, 0) is 114 Å². The number of benzene rings is 6. The van der Waals surface area contributed by atoms with Crippen LogP contribution in [0.4, 0.5) is 5.69 Å². The molecule has 0 amide bonds. The molecule has 2 heteroatoms. The van der Waals surface area contributed by atoms with Gasteiger partial charge in [0, 0.05) is 21.6 Å². The van der Waals surface area contributed by atoms with E-state index >= 15 is 0 Å². The van der Waals surface area contributed by atoms with Crippen LogP contribution in [0.25, 0.3) is 59.8 Å². The standard InChI is InChI=1S/C46H36N2/c1-44(2)35-22-37-31(20-33(35)42-29-15-9-7-13-27(29)26(25-47)19-39(42)44)32-21-34-36(23-38(32)46(37)17-11-6-12-18-46)45(3,4)40-24-41(48-5)28-14-8-10-16-30(28)43(34)40/h7-10,13-16,19-24H,6,11-12,17-18H2,1-4H3. The molecule has 0 atom stereocenters. The molecule has 0 heterocycles. The molecule has 0 unspecified atom stereocenters. The predicted octanol–water partition coefficient (Wildman–Crippen LogP) is 12.3. The average molecular weight is 617 g/mol. The summed E-state index contributed by atoms with van der Waals surface area (Å²) in [6.07, 6.45) is 6.14. The maximum absolute atomic E-state index is 10.2. The van der Waals surface area contributed by atoms with Crippen molar-refractivity contribution in [2.75, 3.05) is 0 Å². The van der Waals surface area contributed by atoms with Gasteiger partial charge in [-0.15, -0.1) is 0 Å². The van der Waals surface area contributed by atoms with Crippen LogP contribution >= 0.6 is 0 Å². The van der Waals surface area contributed by atoms with Crippen LogP contribution in [-0.2, 0) is 16.2 Å². The van der Waals surface area contributed by atoms with Crippen molar-refractivity contribution in [3.05, 3.63) is 135 Å². The molecule has 1 saturated carbocycles. The lowest BCUT2D eigenvalue weighted by atomic mass is 9.66. The Labute approximate surface area is 282 Å². The van der Waals surface area contributed by atoms with Gasteiger partial charge in [0.1, 0.15) is 0 Å². The average Bonchev–Trinajstić information content (AvgIpc) is 3.59. The third-order valence-electron chi connectivity index (χ3n) is 12.9. The summed E-state index contributed by atoms with van der Waals surface area (Å²) >= 11 is 0. The minimum absolute atomic E-state index is 0.00626. The van der Waals surface area contributed by atoms with E-state index in [1.165, 1.54) is 110 Å². The summed E-state index contributed by atoms with van der Waals surface area (Å²) in [5.74, 6) is 0. The molecule has 0 radical (unpaired) electrons. The molecule has 0 aromatic heterocycles. The molecule has 0 saturated heterocycles. The first kappa shape index (κ1) is 27.9. The van der Waals surface area contributed by atoms with Crippen LogP contribution in [0.2, 0.25) is 0 Å². The van der Waals surface area contributed by atoms with E-state index in [1.807, 2.05) is 6.07 Å². The van der Waals surface area contributed by atoms with Crippen LogP contribution in [0, 0.1) is 17.9 Å². The first-order valence-corrected chi connectivity index (χ1v) is 17.5. The van der Waals surface area contributed by atoms with E-state index in [0.717, 1.165) is 22.0 Å². The van der Waals surface area contributed by atoms with E-state index in [0.29, 0.717) is 0 Å². The number of rotatable bonds is 0. The highest BCUT2D eigenvalue weighted by atomic mass is 14.6. The normalized spacial score (nSPS) is 18.0. The van der Waals surface area contributed by atoms with E-state index in [2.05, 4.69) is 117 Å². The van der Waals surface area contributed by atoms with Crippen molar-refractivity contribution in [1.82, 2.24) is 0 Å². The van der Waals surface area contributed by atoms with Crippen molar-refractivity contribution < 1.29 is 0 Å². The zero-order valence-electron chi connectivity index (χ0n) is 28.0. The minimum atomic E-state index is -0.206. The fourth-order valence-corrected chi connectivity index (χ4v) is 10.5. The van der Waals surface area contributed by atoms with Crippen molar-refractivity contribution in [2.24, 2.45) is 0 Å². The molecule has 1 fully saturated rings. The SMILES string of the molecule is [C-]#[N+]c1cc2c(c3ccccc13)-c1cc3c(cc1C2(C)C)C1(CCCCC1)c1cc2c(cc1-3)-c1c(cc(C#N)c3ccccc13)C2(C)C. The Bertz CT molecular complexity index is 2390. The third-order valence-corrected chi connectivity index (χ3v) is 12.9. The van der Waals surface area contributed by atoms with Gasteiger partial charge in [-0.2, -0.15) is 5.26 Å². The summed E-state index contributed by atoms with van der Waals surface area (Å²) in [4.78, 5) is 3.99. The Balaban J connectivity index is 1.30. The van der Waals surface area contributed by atoms with E-state index in [-0.39, 0.29) is 16.2 Å². The van der Waals surface area contributed by atoms with Crippen LogP contribution in [0.5, 0.6) is 0 Å².